The van der Waals surface area contributed by atoms with Gasteiger partial charge in [-0.05, 0) is 72.6 Å². The Labute approximate surface area is 182 Å². The number of amides is 1. The quantitative estimate of drug-likeness (QED) is 0.460. The summed E-state index contributed by atoms with van der Waals surface area (Å²) in [5, 5.41) is 0. The fourth-order valence-electron chi connectivity index (χ4n) is 4.65. The first-order valence-electron chi connectivity index (χ1n) is 11.0. The lowest BCUT2D eigenvalue weighted by Crippen LogP contribution is -2.38. The van der Waals surface area contributed by atoms with Crippen molar-refractivity contribution in [2.75, 3.05) is 13.1 Å². The Morgan fingerprint density at radius 1 is 1.03 bits per heavy atom. The average molecular weight is 410 g/mol. The predicted octanol–water partition coefficient (Wildman–Crippen LogP) is 5.87. The minimum atomic E-state index is 0.0766. The van der Waals surface area contributed by atoms with Crippen molar-refractivity contribution in [3.05, 3.63) is 89.2 Å². The van der Waals surface area contributed by atoms with Gasteiger partial charge in [0.15, 0.2) is 0 Å². The Morgan fingerprint density at radius 2 is 1.81 bits per heavy atom. The number of aromatic amines is 1. The molecule has 1 aliphatic heterocycles. The molecule has 3 heterocycles. The van der Waals surface area contributed by atoms with Crippen molar-refractivity contribution in [2.24, 2.45) is 0 Å². The number of aryl methyl sites for hydroxylation is 1. The first-order valence-corrected chi connectivity index (χ1v) is 11.0. The van der Waals surface area contributed by atoms with E-state index in [0.29, 0.717) is 11.5 Å². The molecule has 2 aromatic heterocycles. The standard InChI is InChI=1S/C27H27N3O/c1-18-4-3-5-24(19(18)2)22-8-6-20(7-9-22)21-11-14-30(15-12-21)27(31)23-16-26-25(29-17-23)10-13-28-26/h3-10,13,16-17,21,28H,11-12,14-15H2,1-2H3. The van der Waals surface area contributed by atoms with Gasteiger partial charge in [0.1, 0.15) is 0 Å². The summed E-state index contributed by atoms with van der Waals surface area (Å²) in [6, 6.07) is 19.3. The van der Waals surface area contributed by atoms with E-state index < -0.39 is 0 Å². The molecule has 1 aliphatic rings. The summed E-state index contributed by atoms with van der Waals surface area (Å²) in [7, 11) is 0. The smallest absolute Gasteiger partial charge is 0.255 e. The zero-order valence-corrected chi connectivity index (χ0v) is 18.1. The summed E-state index contributed by atoms with van der Waals surface area (Å²) in [4.78, 5) is 22.4. The maximum atomic E-state index is 12.9. The van der Waals surface area contributed by atoms with Crippen molar-refractivity contribution in [3.8, 4) is 11.1 Å². The van der Waals surface area contributed by atoms with Gasteiger partial charge < -0.3 is 9.88 Å². The molecule has 156 valence electrons. The molecule has 4 aromatic rings. The van der Waals surface area contributed by atoms with E-state index in [-0.39, 0.29) is 5.91 Å². The van der Waals surface area contributed by atoms with E-state index in [0.717, 1.165) is 37.0 Å². The van der Waals surface area contributed by atoms with E-state index in [1.165, 1.54) is 27.8 Å². The van der Waals surface area contributed by atoms with Crippen LogP contribution >= 0.6 is 0 Å². The maximum absolute atomic E-state index is 12.9. The number of H-pyrrole nitrogens is 1. The predicted molar refractivity (Wildman–Crippen MR) is 125 cm³/mol. The van der Waals surface area contributed by atoms with Crippen LogP contribution in [0.3, 0.4) is 0 Å². The van der Waals surface area contributed by atoms with Gasteiger partial charge in [-0.25, -0.2) is 0 Å². The van der Waals surface area contributed by atoms with Crippen molar-refractivity contribution in [1.82, 2.24) is 14.9 Å². The number of piperidine rings is 1. The molecule has 0 radical (unpaired) electrons. The van der Waals surface area contributed by atoms with E-state index in [2.05, 4.69) is 66.3 Å². The lowest BCUT2D eigenvalue weighted by molar-refractivity contribution is 0.0713. The fourth-order valence-corrected chi connectivity index (χ4v) is 4.65. The van der Waals surface area contributed by atoms with Gasteiger partial charge in [-0.1, -0.05) is 42.5 Å². The monoisotopic (exact) mass is 409 g/mol. The molecule has 1 amide bonds. The van der Waals surface area contributed by atoms with Crippen LogP contribution in [0.1, 0.15) is 45.8 Å². The minimum absolute atomic E-state index is 0.0766. The third-order valence-corrected chi connectivity index (χ3v) is 6.73. The van der Waals surface area contributed by atoms with E-state index in [1.54, 1.807) is 6.20 Å². The number of nitrogens with one attached hydrogen (secondary N) is 1. The van der Waals surface area contributed by atoms with Gasteiger partial charge in [0, 0.05) is 25.5 Å². The molecule has 4 heteroatoms. The van der Waals surface area contributed by atoms with Crippen molar-refractivity contribution in [3.63, 3.8) is 0 Å². The molecule has 1 N–H and O–H groups in total. The normalized spacial score (nSPS) is 14.8. The van der Waals surface area contributed by atoms with Crippen LogP contribution < -0.4 is 0 Å². The Balaban J connectivity index is 1.26. The van der Waals surface area contributed by atoms with Gasteiger partial charge in [-0.3, -0.25) is 9.78 Å². The van der Waals surface area contributed by atoms with Crippen LogP contribution in [-0.2, 0) is 0 Å². The number of carbonyl (C=O) groups excluding carboxylic acids is 1. The Bertz CT molecular complexity index is 1230. The van der Waals surface area contributed by atoms with Crippen LogP contribution in [0.2, 0.25) is 0 Å². The molecule has 31 heavy (non-hydrogen) atoms. The summed E-state index contributed by atoms with van der Waals surface area (Å²) in [5.74, 6) is 0.577. The van der Waals surface area contributed by atoms with Gasteiger partial charge in [-0.2, -0.15) is 0 Å². The summed E-state index contributed by atoms with van der Waals surface area (Å²) >= 11 is 0. The average Bonchev–Trinajstić information content (AvgIpc) is 3.29. The van der Waals surface area contributed by atoms with Gasteiger partial charge in [0.2, 0.25) is 0 Å². The highest BCUT2D eigenvalue weighted by Crippen LogP contribution is 2.32. The number of likely N-dealkylation sites (tertiary alicyclic amines) is 1. The topological polar surface area (TPSA) is 49.0 Å². The van der Waals surface area contributed by atoms with Gasteiger partial charge in [0.05, 0.1) is 16.6 Å². The molecule has 4 nitrogen and oxygen atoms in total. The van der Waals surface area contributed by atoms with Crippen LogP contribution in [0.5, 0.6) is 0 Å². The van der Waals surface area contributed by atoms with Crippen molar-refractivity contribution in [1.29, 1.82) is 0 Å². The highest BCUT2D eigenvalue weighted by Gasteiger charge is 2.25. The van der Waals surface area contributed by atoms with E-state index in [1.807, 2.05) is 23.2 Å². The largest absolute Gasteiger partial charge is 0.360 e. The number of carbonyl (C=O) groups is 1. The zero-order valence-electron chi connectivity index (χ0n) is 18.1. The molecule has 0 spiro atoms. The summed E-state index contributed by atoms with van der Waals surface area (Å²) in [6.07, 6.45) is 5.53. The Morgan fingerprint density at radius 3 is 2.58 bits per heavy atom. The minimum Gasteiger partial charge on any atom is -0.360 e. The van der Waals surface area contributed by atoms with Crippen molar-refractivity contribution < 1.29 is 4.79 Å². The summed E-state index contributed by atoms with van der Waals surface area (Å²) in [6.45, 7) is 5.92. The van der Waals surface area contributed by atoms with E-state index in [9.17, 15) is 4.79 Å². The van der Waals surface area contributed by atoms with Crippen LogP contribution in [-0.4, -0.2) is 33.9 Å². The highest BCUT2D eigenvalue weighted by atomic mass is 16.2. The van der Waals surface area contributed by atoms with Gasteiger partial charge in [-0.15, -0.1) is 0 Å². The number of nitrogens with zero attached hydrogens (tertiary/aromatic N) is 2. The van der Waals surface area contributed by atoms with Crippen LogP contribution in [0.25, 0.3) is 22.2 Å². The first-order chi connectivity index (χ1) is 15.1. The SMILES string of the molecule is Cc1cccc(-c2ccc(C3CCN(C(=O)c4cnc5cc[nH]c5c4)CC3)cc2)c1C. The first kappa shape index (κ1) is 19.6. The molecular formula is C27H27N3O. The second-order valence-corrected chi connectivity index (χ2v) is 8.57. The summed E-state index contributed by atoms with van der Waals surface area (Å²) < 4.78 is 0. The van der Waals surface area contributed by atoms with Crippen LogP contribution in [0.4, 0.5) is 0 Å². The number of benzene rings is 2. The lowest BCUT2D eigenvalue weighted by atomic mass is 9.87. The van der Waals surface area contributed by atoms with Gasteiger partial charge in [0.25, 0.3) is 5.91 Å². The number of fused-ring (bicyclic) bond motifs is 1. The molecule has 0 unspecified atom stereocenters. The van der Waals surface area contributed by atoms with E-state index in [4.69, 9.17) is 0 Å². The number of hydrogen-bond donors (Lipinski definition) is 1. The molecule has 1 saturated heterocycles. The zero-order chi connectivity index (χ0) is 21.4. The molecule has 0 saturated carbocycles. The summed E-state index contributed by atoms with van der Waals surface area (Å²) in [5.41, 5.74) is 9.06. The molecule has 1 fully saturated rings. The van der Waals surface area contributed by atoms with Crippen molar-refractivity contribution >= 4 is 16.9 Å². The fraction of sp³-hybridized carbons (Fsp3) is 0.259. The van der Waals surface area contributed by atoms with Crippen LogP contribution in [0, 0.1) is 13.8 Å². The molecule has 0 bridgehead atoms. The van der Waals surface area contributed by atoms with Crippen molar-refractivity contribution in [2.45, 2.75) is 32.6 Å². The lowest BCUT2D eigenvalue weighted by Gasteiger charge is -2.32. The molecule has 0 atom stereocenters. The third kappa shape index (κ3) is 3.74. The number of pyridine rings is 1. The number of aromatic nitrogens is 2. The number of hydrogen-bond acceptors (Lipinski definition) is 2. The van der Waals surface area contributed by atoms with Crippen LogP contribution in [0.15, 0.2) is 67.0 Å². The molecular weight excluding hydrogens is 382 g/mol. The second-order valence-electron chi connectivity index (χ2n) is 8.57. The highest BCUT2D eigenvalue weighted by molar-refractivity contribution is 5.96. The Kier molecular flexibility index (Phi) is 5.06. The Hall–Kier alpha value is -3.40. The second kappa shape index (κ2) is 8.03. The maximum Gasteiger partial charge on any atom is 0.255 e. The molecule has 5 rings (SSSR count). The molecule has 2 aromatic carbocycles. The van der Waals surface area contributed by atoms with E-state index >= 15 is 0 Å². The molecule has 0 aliphatic carbocycles. The van der Waals surface area contributed by atoms with Gasteiger partial charge >= 0.3 is 0 Å². The number of rotatable bonds is 3. The third-order valence-electron chi connectivity index (χ3n) is 6.73.